The highest BCUT2D eigenvalue weighted by molar-refractivity contribution is 7.87. The van der Waals surface area contributed by atoms with Crippen molar-refractivity contribution in [1.29, 1.82) is 0 Å². The van der Waals surface area contributed by atoms with Crippen molar-refractivity contribution in [3.05, 3.63) is 81.9 Å². The Balaban J connectivity index is 1.51. The summed E-state index contributed by atoms with van der Waals surface area (Å²) in [7, 11) is -10.7. The first-order valence-corrected chi connectivity index (χ1v) is 14.6. The Morgan fingerprint density at radius 3 is 1.09 bits per heavy atom. The molecule has 2 aromatic heterocycles. The fourth-order valence-corrected chi connectivity index (χ4v) is 6.81. The van der Waals surface area contributed by atoms with E-state index in [2.05, 4.69) is 8.57 Å². The number of nitrogens with zero attached hydrogens (tertiary/aromatic N) is 2. The van der Waals surface area contributed by atoms with Gasteiger partial charge in [-0.25, -0.2) is 0 Å². The number of hydrogen-bond donors (Lipinski definition) is 4. The summed E-state index contributed by atoms with van der Waals surface area (Å²) < 4.78 is 140. The molecule has 20 heteroatoms. The average Bonchev–Trinajstić information content (AvgIpc) is 3.30. The van der Waals surface area contributed by atoms with Gasteiger partial charge < -0.3 is 20.4 Å². The van der Waals surface area contributed by atoms with Crippen molar-refractivity contribution >= 4 is 20.2 Å². The second-order valence-electron chi connectivity index (χ2n) is 9.20. The van der Waals surface area contributed by atoms with Crippen LogP contribution in [0.15, 0.2) is 58.3 Å². The lowest BCUT2D eigenvalue weighted by molar-refractivity contribution is -0.140. The number of aromatic nitrogens is 2. The molecule has 0 saturated carbocycles. The van der Waals surface area contributed by atoms with Crippen LogP contribution in [0.2, 0.25) is 0 Å². The van der Waals surface area contributed by atoms with Gasteiger partial charge in [0.1, 0.15) is 9.79 Å². The lowest BCUT2D eigenvalue weighted by Gasteiger charge is -2.14. The van der Waals surface area contributed by atoms with Gasteiger partial charge in [-0.3, -0.25) is 8.57 Å². The lowest BCUT2D eigenvalue weighted by atomic mass is 9.90. The molecule has 0 aliphatic heterocycles. The van der Waals surface area contributed by atoms with E-state index >= 15 is 0 Å². The summed E-state index contributed by atoms with van der Waals surface area (Å²) in [5, 5.41) is 42.5. The Morgan fingerprint density at radius 1 is 0.545 bits per heavy atom. The molecular formula is C24H16F6N2O10S2. The van der Waals surface area contributed by atoms with Crippen LogP contribution >= 0.6 is 0 Å². The number of halogens is 6. The van der Waals surface area contributed by atoms with Crippen LogP contribution in [-0.4, -0.2) is 46.7 Å². The first kappa shape index (κ1) is 30.7. The summed E-state index contributed by atoms with van der Waals surface area (Å²) >= 11 is 0. The van der Waals surface area contributed by atoms with E-state index in [1.54, 1.807) is 0 Å². The summed E-state index contributed by atoms with van der Waals surface area (Å²) in [4.78, 5) is -2.70. The maximum Gasteiger partial charge on any atom is 0.417 e. The van der Waals surface area contributed by atoms with Crippen LogP contribution in [0, 0.1) is 0 Å². The van der Waals surface area contributed by atoms with E-state index in [4.69, 9.17) is 0 Å². The van der Waals surface area contributed by atoms with E-state index in [1.165, 1.54) is 0 Å². The molecule has 236 valence electrons. The lowest BCUT2D eigenvalue weighted by Crippen LogP contribution is -2.23. The van der Waals surface area contributed by atoms with Gasteiger partial charge in [0.25, 0.3) is 0 Å². The summed E-state index contributed by atoms with van der Waals surface area (Å²) in [6.45, 7) is 0. The molecular weight excluding hydrogens is 654 g/mol. The Bertz CT molecular complexity index is 1830. The molecule has 0 saturated heterocycles. The predicted molar refractivity (Wildman–Crippen MR) is 132 cm³/mol. The van der Waals surface area contributed by atoms with Crippen LogP contribution in [0.5, 0.6) is 23.5 Å². The van der Waals surface area contributed by atoms with Crippen LogP contribution in [0.25, 0.3) is 0 Å². The molecule has 1 aliphatic carbocycles. The molecule has 0 fully saturated rings. The third-order valence-corrected chi connectivity index (χ3v) is 9.03. The minimum atomic E-state index is -5.36. The zero-order valence-electron chi connectivity index (χ0n) is 21.3. The highest BCUT2D eigenvalue weighted by Crippen LogP contribution is 2.47. The van der Waals surface area contributed by atoms with Gasteiger partial charge in [-0.15, -0.1) is 0 Å². The maximum absolute atomic E-state index is 13.4. The Kier molecular flexibility index (Phi) is 6.92. The molecule has 1 aliphatic rings. The molecule has 0 unspecified atom stereocenters. The smallest absolute Gasteiger partial charge is 0.417 e. The Morgan fingerprint density at radius 2 is 0.818 bits per heavy atom. The predicted octanol–water partition coefficient (Wildman–Crippen LogP) is 3.28. The minimum absolute atomic E-state index is 0.101. The zero-order chi connectivity index (χ0) is 32.6. The summed E-state index contributed by atoms with van der Waals surface area (Å²) in [5.74, 6) is -4.63. The Hall–Kier alpha value is -4.72. The van der Waals surface area contributed by atoms with Crippen molar-refractivity contribution in [2.75, 3.05) is 0 Å². The molecule has 0 amide bonds. The molecule has 4 N–H and O–H groups in total. The van der Waals surface area contributed by atoms with Crippen LogP contribution in [0.4, 0.5) is 26.3 Å². The number of fused-ring (bicyclic) bond motifs is 2. The third kappa shape index (κ3) is 4.98. The number of benzene rings is 2. The molecule has 44 heavy (non-hydrogen) atoms. The third-order valence-electron chi connectivity index (χ3n) is 6.55. The van der Waals surface area contributed by atoms with E-state index in [-0.39, 0.29) is 31.7 Å². The van der Waals surface area contributed by atoms with Gasteiger partial charge in [-0.2, -0.15) is 43.2 Å². The first-order valence-electron chi connectivity index (χ1n) is 11.8. The second-order valence-corrected chi connectivity index (χ2v) is 12.2. The van der Waals surface area contributed by atoms with Crippen LogP contribution in [0.1, 0.15) is 33.4 Å². The average molecular weight is 671 g/mol. The number of aromatic hydroxyl groups is 4. The molecule has 2 heterocycles. The number of alkyl halides is 6. The second kappa shape index (κ2) is 9.91. The maximum atomic E-state index is 13.4. The zero-order valence-corrected chi connectivity index (χ0v) is 22.9. The van der Waals surface area contributed by atoms with Crippen LogP contribution in [-0.2, 0) is 45.4 Å². The summed E-state index contributed by atoms with van der Waals surface area (Å²) in [6, 6.07) is 5.81. The van der Waals surface area contributed by atoms with Crippen LogP contribution in [0.3, 0.4) is 0 Å². The van der Waals surface area contributed by atoms with Gasteiger partial charge in [-0.1, -0.05) is 33.7 Å². The standard InChI is InChI=1S/C24H16F6N2O10S2/c25-23(26,27)15-5-1-3-7-17(15)43(37,38)41-31-19(33)11-9-13-14(10-12(11)20(31)34)22(36)32(21(13)35)42-44(39,40)18-8-4-2-6-16(18)24(28,29)30/h1-8,33-36H,9-10H2. The fourth-order valence-electron chi connectivity index (χ4n) is 4.58. The van der Waals surface area contributed by atoms with E-state index in [1.807, 2.05) is 0 Å². The Labute approximate surface area is 242 Å². The molecule has 4 aromatic rings. The van der Waals surface area contributed by atoms with Crippen LogP contribution < -0.4 is 8.57 Å². The van der Waals surface area contributed by atoms with Gasteiger partial charge in [0.2, 0.25) is 23.5 Å². The van der Waals surface area contributed by atoms with Gasteiger partial charge >= 0.3 is 32.6 Å². The minimum Gasteiger partial charge on any atom is -0.492 e. The normalized spacial score (nSPS) is 13.8. The molecule has 0 spiro atoms. The first-order chi connectivity index (χ1) is 20.3. The number of hydrogen-bond acceptors (Lipinski definition) is 10. The van der Waals surface area contributed by atoms with E-state index in [0.717, 1.165) is 24.3 Å². The fraction of sp³-hybridized carbons (Fsp3) is 0.167. The number of rotatable bonds is 6. The highest BCUT2D eigenvalue weighted by Gasteiger charge is 2.42. The van der Waals surface area contributed by atoms with Crippen molar-refractivity contribution in [3.8, 4) is 23.5 Å². The largest absolute Gasteiger partial charge is 0.492 e. The van der Waals surface area contributed by atoms with Gasteiger partial charge in [0, 0.05) is 35.1 Å². The van der Waals surface area contributed by atoms with Gasteiger partial charge in [-0.05, 0) is 24.3 Å². The van der Waals surface area contributed by atoms with Crippen molar-refractivity contribution in [3.63, 3.8) is 0 Å². The molecule has 2 aromatic carbocycles. The van der Waals surface area contributed by atoms with E-state index in [9.17, 15) is 63.6 Å². The van der Waals surface area contributed by atoms with Gasteiger partial charge in [0.15, 0.2) is 0 Å². The molecule has 12 nitrogen and oxygen atoms in total. The van der Waals surface area contributed by atoms with E-state index in [0.29, 0.717) is 24.3 Å². The molecule has 0 atom stereocenters. The SMILES string of the molecule is O=S(=O)(On1c(O)c2c(c1O)Cc1c(c(O)n(OS(=O)(=O)c3ccccc3C(F)(F)F)c1O)C2)c1ccccc1C(F)(F)F. The topological polar surface area (TPSA) is 178 Å². The van der Waals surface area contributed by atoms with Crippen molar-refractivity contribution < 1.29 is 72.2 Å². The van der Waals surface area contributed by atoms with Crippen molar-refractivity contribution in [1.82, 2.24) is 9.46 Å². The monoisotopic (exact) mass is 670 g/mol. The summed E-state index contributed by atoms with van der Waals surface area (Å²) in [5.41, 5.74) is -4.69. The van der Waals surface area contributed by atoms with Crippen molar-refractivity contribution in [2.45, 2.75) is 35.0 Å². The molecule has 0 radical (unpaired) electrons. The van der Waals surface area contributed by atoms with E-state index < -0.39 is 89.9 Å². The van der Waals surface area contributed by atoms with Crippen molar-refractivity contribution in [2.24, 2.45) is 0 Å². The molecule has 5 rings (SSSR count). The van der Waals surface area contributed by atoms with Gasteiger partial charge in [0.05, 0.1) is 11.1 Å². The highest BCUT2D eigenvalue weighted by atomic mass is 32.2. The summed E-state index contributed by atoms with van der Waals surface area (Å²) in [6.07, 6.45) is -11.6. The molecule has 0 bridgehead atoms. The quantitative estimate of drug-likeness (QED) is 0.196.